The van der Waals surface area contributed by atoms with Crippen molar-refractivity contribution in [1.82, 2.24) is 14.7 Å². The molecule has 3 amide bonds. The van der Waals surface area contributed by atoms with Gasteiger partial charge < -0.3 is 16.0 Å². The zero-order chi connectivity index (χ0) is 23.0. The lowest BCUT2D eigenvalue weighted by atomic mass is 10.0. The van der Waals surface area contributed by atoms with Crippen molar-refractivity contribution in [3.63, 3.8) is 0 Å². The van der Waals surface area contributed by atoms with E-state index in [1.54, 1.807) is 12.3 Å². The van der Waals surface area contributed by atoms with Gasteiger partial charge in [-0.2, -0.15) is 5.10 Å². The zero-order valence-corrected chi connectivity index (χ0v) is 18.9. The Morgan fingerprint density at radius 2 is 2.12 bits per heavy atom. The second kappa shape index (κ2) is 8.81. The maximum absolute atomic E-state index is 14.2. The van der Waals surface area contributed by atoms with Crippen LogP contribution < -0.4 is 11.1 Å². The molecule has 9 nitrogen and oxygen atoms in total. The normalized spacial score (nSPS) is 19.7. The van der Waals surface area contributed by atoms with E-state index in [2.05, 4.69) is 31.3 Å². The summed E-state index contributed by atoms with van der Waals surface area (Å²) < 4.78 is 15.9. The first-order valence-corrected chi connectivity index (χ1v) is 11.0. The molecule has 0 spiro atoms. The van der Waals surface area contributed by atoms with E-state index in [-0.39, 0.29) is 34.3 Å². The number of primary amides is 1. The summed E-state index contributed by atoms with van der Waals surface area (Å²) >= 11 is 3.09. The molecule has 32 heavy (non-hydrogen) atoms. The summed E-state index contributed by atoms with van der Waals surface area (Å²) in [5.74, 6) is -2.02. The number of nitrogens with one attached hydrogen (secondary N) is 1. The number of aromatic nitrogens is 2. The van der Waals surface area contributed by atoms with Crippen LogP contribution in [0.3, 0.4) is 0 Å². The smallest absolute Gasteiger partial charge is 0.269 e. The molecule has 3 N–H and O–H groups in total. The Kier molecular flexibility index (Phi) is 6.09. The van der Waals surface area contributed by atoms with E-state index < -0.39 is 23.7 Å². The summed E-state index contributed by atoms with van der Waals surface area (Å²) in [5, 5.41) is 6.82. The first kappa shape index (κ1) is 22.1. The third-order valence-electron chi connectivity index (χ3n) is 5.65. The molecule has 1 aromatic heterocycles. The van der Waals surface area contributed by atoms with E-state index >= 15 is 0 Å². The number of aliphatic imine (C=N–C) groups is 1. The third-order valence-corrected chi connectivity index (χ3v) is 6.26. The number of likely N-dealkylation sites (tertiary alicyclic amines) is 1. The Labute approximate surface area is 192 Å². The van der Waals surface area contributed by atoms with E-state index in [1.807, 2.05) is 6.92 Å². The molecule has 0 radical (unpaired) electrons. The van der Waals surface area contributed by atoms with Crippen LogP contribution in [0.2, 0.25) is 0 Å². The summed E-state index contributed by atoms with van der Waals surface area (Å²) in [6, 6.07) is 3.86. The Bertz CT molecular complexity index is 1130. The molecule has 1 aromatic carbocycles. The van der Waals surface area contributed by atoms with Crippen molar-refractivity contribution >= 4 is 45.6 Å². The van der Waals surface area contributed by atoms with Crippen LogP contribution in [-0.2, 0) is 22.6 Å². The van der Waals surface area contributed by atoms with Gasteiger partial charge in [-0.1, -0.05) is 6.07 Å². The average molecular weight is 505 g/mol. The second-order valence-electron chi connectivity index (χ2n) is 7.90. The number of fused-ring (bicyclic) bond motifs is 1. The van der Waals surface area contributed by atoms with Gasteiger partial charge in [-0.15, -0.1) is 0 Å². The van der Waals surface area contributed by atoms with Gasteiger partial charge >= 0.3 is 0 Å². The zero-order valence-electron chi connectivity index (χ0n) is 17.3. The van der Waals surface area contributed by atoms with Crippen LogP contribution in [0.5, 0.6) is 0 Å². The Hall–Kier alpha value is -3.08. The first-order valence-electron chi connectivity index (χ1n) is 10.2. The summed E-state index contributed by atoms with van der Waals surface area (Å²) in [6.07, 6.45) is 3.22. The molecule has 0 saturated carbocycles. The van der Waals surface area contributed by atoms with Crippen LogP contribution in [-0.4, -0.2) is 57.2 Å². The standard InChI is InChI=1S/C21H22BrFN6O3/c1-11-8-12-16(9-25-11)29(27-19(12)20(24)31)10-17(30)28-7-3-6-15(28)21(32)26-14-5-2-4-13(22)18(14)23/h2,4-5,9,11,15H,3,6-8,10H2,1H3,(H2,24,31)(H,26,32)/t11?,15-/m0/s1. The minimum Gasteiger partial charge on any atom is -0.364 e. The fourth-order valence-electron chi connectivity index (χ4n) is 4.10. The van der Waals surface area contributed by atoms with E-state index in [1.165, 1.54) is 21.7 Å². The lowest BCUT2D eigenvalue weighted by molar-refractivity contribution is -0.137. The molecule has 2 aliphatic rings. The molecule has 11 heteroatoms. The predicted octanol–water partition coefficient (Wildman–Crippen LogP) is 1.88. The van der Waals surface area contributed by atoms with Crippen molar-refractivity contribution in [2.45, 2.75) is 44.8 Å². The predicted molar refractivity (Wildman–Crippen MR) is 119 cm³/mol. The van der Waals surface area contributed by atoms with Gasteiger partial charge in [0, 0.05) is 18.3 Å². The molecule has 0 aliphatic carbocycles. The Morgan fingerprint density at radius 1 is 1.34 bits per heavy atom. The van der Waals surface area contributed by atoms with Crippen molar-refractivity contribution in [2.75, 3.05) is 11.9 Å². The van der Waals surface area contributed by atoms with Gasteiger partial charge in [0.2, 0.25) is 11.8 Å². The number of anilines is 1. The number of benzene rings is 1. The van der Waals surface area contributed by atoms with Gasteiger partial charge in [0.25, 0.3) is 5.91 Å². The minimum atomic E-state index is -0.725. The highest BCUT2D eigenvalue weighted by Gasteiger charge is 2.35. The molecule has 3 heterocycles. The van der Waals surface area contributed by atoms with E-state index in [0.717, 1.165) is 0 Å². The van der Waals surface area contributed by atoms with Crippen LogP contribution in [0.25, 0.3) is 0 Å². The Morgan fingerprint density at radius 3 is 2.88 bits per heavy atom. The summed E-state index contributed by atoms with van der Waals surface area (Å²) in [4.78, 5) is 43.5. The highest BCUT2D eigenvalue weighted by Crippen LogP contribution is 2.25. The lowest BCUT2D eigenvalue weighted by Crippen LogP contribution is -2.44. The van der Waals surface area contributed by atoms with Crippen LogP contribution in [0.15, 0.2) is 27.7 Å². The largest absolute Gasteiger partial charge is 0.364 e. The van der Waals surface area contributed by atoms with Gasteiger partial charge in [0.15, 0.2) is 11.5 Å². The highest BCUT2D eigenvalue weighted by molar-refractivity contribution is 9.10. The van der Waals surface area contributed by atoms with E-state index in [9.17, 15) is 18.8 Å². The van der Waals surface area contributed by atoms with Gasteiger partial charge in [-0.3, -0.25) is 24.1 Å². The topological polar surface area (TPSA) is 123 Å². The van der Waals surface area contributed by atoms with Crippen LogP contribution in [0.4, 0.5) is 10.1 Å². The Balaban J connectivity index is 1.52. The number of rotatable bonds is 5. The summed E-state index contributed by atoms with van der Waals surface area (Å²) in [6.45, 7) is 2.15. The number of carbonyl (C=O) groups excluding carboxylic acids is 3. The quantitative estimate of drug-likeness (QED) is 0.644. The second-order valence-corrected chi connectivity index (χ2v) is 8.76. The van der Waals surface area contributed by atoms with E-state index in [4.69, 9.17) is 5.73 Å². The molecule has 4 rings (SSSR count). The minimum absolute atomic E-state index is 0.0148. The van der Waals surface area contributed by atoms with Gasteiger partial charge in [-0.05, 0) is 54.2 Å². The van der Waals surface area contributed by atoms with Crippen molar-refractivity contribution in [3.8, 4) is 0 Å². The number of nitrogens with zero attached hydrogens (tertiary/aromatic N) is 4. The molecule has 2 aliphatic heterocycles. The third kappa shape index (κ3) is 4.16. The van der Waals surface area contributed by atoms with Crippen LogP contribution >= 0.6 is 15.9 Å². The summed E-state index contributed by atoms with van der Waals surface area (Å²) in [5.41, 5.74) is 6.89. The highest BCUT2D eigenvalue weighted by atomic mass is 79.9. The fraction of sp³-hybridized carbons (Fsp3) is 0.381. The van der Waals surface area contributed by atoms with Crippen molar-refractivity contribution in [1.29, 1.82) is 0 Å². The number of carbonyl (C=O) groups is 3. The number of hydrogen-bond acceptors (Lipinski definition) is 5. The van der Waals surface area contributed by atoms with Gasteiger partial charge in [0.05, 0.1) is 21.9 Å². The maximum Gasteiger partial charge on any atom is 0.269 e. The molecule has 1 unspecified atom stereocenters. The SMILES string of the molecule is CC1Cc2c(C(N)=O)nn(CC(=O)N3CCC[C@H]3C(=O)Nc3cccc(Br)c3F)c2C=N1. The number of hydrogen-bond donors (Lipinski definition) is 2. The summed E-state index contributed by atoms with van der Waals surface area (Å²) in [7, 11) is 0. The molecule has 1 fully saturated rings. The van der Waals surface area contributed by atoms with Crippen molar-refractivity contribution < 1.29 is 18.8 Å². The van der Waals surface area contributed by atoms with Gasteiger partial charge in [-0.25, -0.2) is 4.39 Å². The molecule has 0 bridgehead atoms. The van der Waals surface area contributed by atoms with Crippen molar-refractivity contribution in [3.05, 3.63) is 45.4 Å². The number of nitrogens with two attached hydrogens (primary N) is 1. The van der Waals surface area contributed by atoms with Crippen molar-refractivity contribution in [2.24, 2.45) is 10.7 Å². The van der Waals surface area contributed by atoms with Gasteiger partial charge in [0.1, 0.15) is 12.6 Å². The molecule has 2 atom stereocenters. The molecule has 168 valence electrons. The fourth-order valence-corrected chi connectivity index (χ4v) is 4.46. The molecular weight excluding hydrogens is 483 g/mol. The van der Waals surface area contributed by atoms with E-state index in [0.29, 0.717) is 37.1 Å². The molecular formula is C21H22BrFN6O3. The lowest BCUT2D eigenvalue weighted by Gasteiger charge is -2.24. The number of halogens is 2. The number of amides is 3. The molecule has 1 saturated heterocycles. The van der Waals surface area contributed by atoms with Crippen LogP contribution in [0.1, 0.15) is 41.5 Å². The first-order chi connectivity index (χ1) is 15.3. The van der Waals surface area contributed by atoms with Crippen LogP contribution in [0, 0.1) is 5.82 Å². The average Bonchev–Trinajstić information content (AvgIpc) is 3.36. The molecule has 2 aromatic rings. The monoisotopic (exact) mass is 504 g/mol. The maximum atomic E-state index is 14.2.